The number of nitrogens with one attached hydrogen (secondary N) is 1. The summed E-state index contributed by atoms with van der Waals surface area (Å²) < 4.78 is 10.3. The Labute approximate surface area is 98.3 Å². The Bertz CT molecular complexity index is 181. The van der Waals surface area contributed by atoms with E-state index in [0.717, 1.165) is 32.2 Å². The van der Waals surface area contributed by atoms with Gasteiger partial charge in [0.05, 0.1) is 18.3 Å². The van der Waals surface area contributed by atoms with Crippen molar-refractivity contribution in [2.45, 2.75) is 43.8 Å². The number of hydrogen-bond donors (Lipinski definition) is 2. The van der Waals surface area contributed by atoms with Crippen molar-refractivity contribution in [3.05, 3.63) is 0 Å². The highest BCUT2D eigenvalue weighted by molar-refractivity contribution is 4.84. The maximum atomic E-state index is 10.3. The molecule has 0 aliphatic heterocycles. The maximum Gasteiger partial charge on any atom is 0.0928 e. The molecule has 2 N–H and O–H groups in total. The van der Waals surface area contributed by atoms with Crippen LogP contribution in [0.3, 0.4) is 0 Å². The number of methoxy groups -OCH3 is 2. The van der Waals surface area contributed by atoms with Crippen LogP contribution in [0.1, 0.15) is 32.1 Å². The van der Waals surface area contributed by atoms with Crippen molar-refractivity contribution in [2.24, 2.45) is 0 Å². The van der Waals surface area contributed by atoms with Crippen molar-refractivity contribution >= 4 is 0 Å². The highest BCUT2D eigenvalue weighted by atomic mass is 16.5. The number of aliphatic hydroxyl groups is 1. The lowest BCUT2D eigenvalue weighted by molar-refractivity contribution is -0.00536. The van der Waals surface area contributed by atoms with Gasteiger partial charge in [-0.25, -0.2) is 0 Å². The minimum absolute atomic E-state index is 0.0668. The van der Waals surface area contributed by atoms with Crippen LogP contribution in [0.25, 0.3) is 0 Å². The van der Waals surface area contributed by atoms with Gasteiger partial charge in [-0.1, -0.05) is 19.3 Å². The van der Waals surface area contributed by atoms with E-state index in [1.165, 1.54) is 6.42 Å². The Kier molecular flexibility index (Phi) is 6.28. The predicted octanol–water partition coefficient (Wildman–Crippen LogP) is 0.933. The van der Waals surface area contributed by atoms with Gasteiger partial charge in [0.25, 0.3) is 0 Å². The molecule has 0 heterocycles. The first kappa shape index (κ1) is 13.9. The lowest BCUT2D eigenvalue weighted by Gasteiger charge is -2.32. The molecule has 1 saturated carbocycles. The molecule has 0 aromatic heterocycles. The van der Waals surface area contributed by atoms with Crippen LogP contribution >= 0.6 is 0 Å². The van der Waals surface area contributed by atoms with Crippen molar-refractivity contribution in [1.29, 1.82) is 0 Å². The van der Waals surface area contributed by atoms with Crippen molar-refractivity contribution in [1.82, 2.24) is 5.32 Å². The average Bonchev–Trinajstić information content (AvgIpc) is 2.29. The summed E-state index contributed by atoms with van der Waals surface area (Å²) in [5.41, 5.74) is -0.496. The average molecular weight is 231 g/mol. The van der Waals surface area contributed by atoms with Crippen LogP contribution in [0, 0.1) is 0 Å². The zero-order valence-corrected chi connectivity index (χ0v) is 10.5. The third-order valence-corrected chi connectivity index (χ3v) is 3.30. The number of rotatable bonds is 7. The molecule has 1 aliphatic rings. The topological polar surface area (TPSA) is 50.7 Å². The summed E-state index contributed by atoms with van der Waals surface area (Å²) in [6, 6.07) is 0. The Morgan fingerprint density at radius 1 is 1.25 bits per heavy atom. The highest BCUT2D eigenvalue weighted by Gasteiger charge is 2.28. The van der Waals surface area contributed by atoms with Crippen LogP contribution in [0.4, 0.5) is 0 Å². The van der Waals surface area contributed by atoms with E-state index in [1.807, 2.05) is 0 Å². The fourth-order valence-electron chi connectivity index (χ4n) is 2.25. The Hall–Kier alpha value is -0.160. The molecule has 1 fully saturated rings. The molecule has 1 rings (SSSR count). The van der Waals surface area contributed by atoms with E-state index in [9.17, 15) is 5.11 Å². The minimum atomic E-state index is -0.496. The van der Waals surface area contributed by atoms with Gasteiger partial charge in [-0.3, -0.25) is 0 Å². The van der Waals surface area contributed by atoms with Crippen molar-refractivity contribution in [2.75, 3.05) is 33.9 Å². The largest absolute Gasteiger partial charge is 0.389 e. The van der Waals surface area contributed by atoms with E-state index in [-0.39, 0.29) is 6.10 Å². The van der Waals surface area contributed by atoms with Crippen LogP contribution < -0.4 is 5.32 Å². The van der Waals surface area contributed by atoms with Gasteiger partial charge in [-0.15, -0.1) is 0 Å². The smallest absolute Gasteiger partial charge is 0.0928 e. The molecule has 1 aliphatic carbocycles. The standard InChI is InChI=1S/C12H25NO3/c1-15-9-11(16-2)8-13-10-12(14)6-4-3-5-7-12/h11,13-14H,3-10H2,1-2H3. The van der Waals surface area contributed by atoms with Gasteiger partial charge >= 0.3 is 0 Å². The summed E-state index contributed by atoms with van der Waals surface area (Å²) in [5, 5.41) is 13.5. The van der Waals surface area contributed by atoms with Crippen molar-refractivity contribution in [3.63, 3.8) is 0 Å². The first-order valence-electron chi connectivity index (χ1n) is 6.15. The monoisotopic (exact) mass is 231 g/mol. The van der Waals surface area contributed by atoms with E-state index in [2.05, 4.69) is 5.32 Å². The van der Waals surface area contributed by atoms with E-state index in [0.29, 0.717) is 13.2 Å². The summed E-state index contributed by atoms with van der Waals surface area (Å²) in [6.45, 7) is 1.98. The van der Waals surface area contributed by atoms with Gasteiger partial charge in [-0.2, -0.15) is 0 Å². The van der Waals surface area contributed by atoms with Gasteiger partial charge in [0, 0.05) is 27.3 Å². The van der Waals surface area contributed by atoms with Crippen molar-refractivity contribution in [3.8, 4) is 0 Å². The molecule has 0 bridgehead atoms. The van der Waals surface area contributed by atoms with E-state index < -0.39 is 5.60 Å². The Balaban J connectivity index is 2.17. The number of ether oxygens (including phenoxy) is 2. The molecule has 4 heteroatoms. The molecule has 0 aromatic carbocycles. The molecule has 4 nitrogen and oxygen atoms in total. The summed E-state index contributed by atoms with van der Waals surface area (Å²) >= 11 is 0. The normalized spacial score (nSPS) is 21.9. The summed E-state index contributed by atoms with van der Waals surface area (Å²) in [6.07, 6.45) is 5.45. The second kappa shape index (κ2) is 7.22. The fraction of sp³-hybridized carbons (Fsp3) is 1.00. The predicted molar refractivity (Wildman–Crippen MR) is 63.6 cm³/mol. The zero-order chi connectivity index (χ0) is 11.9. The lowest BCUT2D eigenvalue weighted by Crippen LogP contribution is -2.45. The molecule has 0 radical (unpaired) electrons. The second-order valence-electron chi connectivity index (χ2n) is 4.73. The van der Waals surface area contributed by atoms with Gasteiger partial charge in [-0.05, 0) is 12.8 Å². The molecule has 0 amide bonds. The Morgan fingerprint density at radius 2 is 1.94 bits per heavy atom. The SMILES string of the molecule is COCC(CNCC1(O)CCCCC1)OC. The quantitative estimate of drug-likeness (QED) is 0.684. The second-order valence-corrected chi connectivity index (χ2v) is 4.73. The highest BCUT2D eigenvalue weighted by Crippen LogP contribution is 2.27. The molecular formula is C12H25NO3. The van der Waals surface area contributed by atoms with Crippen LogP contribution in [-0.4, -0.2) is 50.7 Å². The van der Waals surface area contributed by atoms with Crippen molar-refractivity contribution < 1.29 is 14.6 Å². The molecular weight excluding hydrogens is 206 g/mol. The fourth-order valence-corrected chi connectivity index (χ4v) is 2.25. The van der Waals surface area contributed by atoms with E-state index >= 15 is 0 Å². The van der Waals surface area contributed by atoms with Crippen LogP contribution in [-0.2, 0) is 9.47 Å². The summed E-state index contributed by atoms with van der Waals surface area (Å²) in [5.74, 6) is 0. The summed E-state index contributed by atoms with van der Waals surface area (Å²) in [4.78, 5) is 0. The van der Waals surface area contributed by atoms with E-state index in [1.54, 1.807) is 14.2 Å². The molecule has 0 aromatic rings. The molecule has 16 heavy (non-hydrogen) atoms. The minimum Gasteiger partial charge on any atom is -0.389 e. The Morgan fingerprint density at radius 3 is 2.50 bits per heavy atom. The van der Waals surface area contributed by atoms with Crippen LogP contribution in [0.15, 0.2) is 0 Å². The van der Waals surface area contributed by atoms with Gasteiger partial charge in [0.1, 0.15) is 0 Å². The first-order chi connectivity index (χ1) is 7.70. The maximum absolute atomic E-state index is 10.3. The molecule has 1 unspecified atom stereocenters. The van der Waals surface area contributed by atoms with Gasteiger partial charge in [0.15, 0.2) is 0 Å². The molecule has 0 saturated heterocycles. The first-order valence-corrected chi connectivity index (χ1v) is 6.15. The third-order valence-electron chi connectivity index (χ3n) is 3.30. The lowest BCUT2D eigenvalue weighted by atomic mass is 9.85. The van der Waals surface area contributed by atoms with E-state index in [4.69, 9.17) is 9.47 Å². The third kappa shape index (κ3) is 4.78. The zero-order valence-electron chi connectivity index (χ0n) is 10.5. The number of hydrogen-bond acceptors (Lipinski definition) is 4. The van der Waals surface area contributed by atoms with Crippen LogP contribution in [0.2, 0.25) is 0 Å². The summed E-state index contributed by atoms with van der Waals surface area (Å²) in [7, 11) is 3.35. The van der Waals surface area contributed by atoms with Gasteiger partial charge in [0.2, 0.25) is 0 Å². The molecule has 1 atom stereocenters. The molecule has 96 valence electrons. The van der Waals surface area contributed by atoms with Crippen LogP contribution in [0.5, 0.6) is 0 Å². The molecule has 0 spiro atoms. The van der Waals surface area contributed by atoms with Gasteiger partial charge < -0.3 is 19.9 Å².